The molecule has 0 radical (unpaired) electrons. The predicted octanol–water partition coefficient (Wildman–Crippen LogP) is 3.22. The van der Waals surface area contributed by atoms with Crippen LogP contribution in [0.15, 0.2) is 0 Å². The molecule has 1 rings (SSSR count). The van der Waals surface area contributed by atoms with Crippen molar-refractivity contribution >= 4 is 15.7 Å². The number of esters is 1. The van der Waals surface area contributed by atoms with Gasteiger partial charge in [0.25, 0.3) is 0 Å². The third-order valence-electron chi connectivity index (χ3n) is 4.18. The van der Waals surface area contributed by atoms with Crippen molar-refractivity contribution in [3.8, 4) is 0 Å². The highest BCUT2D eigenvalue weighted by Gasteiger charge is 2.27. The molecule has 2 atom stereocenters. The largest absolute Gasteiger partial charge is 0.464 e. The van der Waals surface area contributed by atoms with Crippen molar-refractivity contribution in [3.63, 3.8) is 0 Å². The number of carbonyl (C=O) groups excluding carboxylic acids is 1. The second-order valence-electron chi connectivity index (χ2n) is 6.47. The third-order valence-corrected chi connectivity index (χ3v) is 6.03. The summed E-state index contributed by atoms with van der Waals surface area (Å²) in [5.74, 6) is -0.760. The summed E-state index contributed by atoms with van der Waals surface area (Å²) in [4.78, 5) is 11.8. The summed E-state index contributed by atoms with van der Waals surface area (Å²) in [7, 11) is -3.16. The topological polar surface area (TPSA) is 93.2 Å². The Morgan fingerprint density at radius 2 is 1.88 bits per heavy atom. The van der Waals surface area contributed by atoms with Gasteiger partial charge in [-0.15, -0.1) is 0 Å². The Balaban J connectivity index is 2.25. The minimum absolute atomic E-state index is 0.0160. The molecule has 1 fully saturated rings. The first-order chi connectivity index (χ1) is 11.1. The van der Waals surface area contributed by atoms with E-state index in [2.05, 4.69) is 0 Å². The lowest BCUT2D eigenvalue weighted by atomic mass is 9.90. The van der Waals surface area contributed by atoms with Gasteiger partial charge in [0, 0.05) is 27.7 Å². The highest BCUT2D eigenvalue weighted by atomic mass is 32.2. The van der Waals surface area contributed by atoms with Gasteiger partial charge < -0.3 is 10.5 Å². The summed E-state index contributed by atoms with van der Waals surface area (Å²) in [5.41, 5.74) is 5.67. The van der Waals surface area contributed by atoms with E-state index in [0.29, 0.717) is 12.5 Å². The number of hydrogen-bond acceptors (Lipinski definition) is 5. The molecule has 3 N–H and O–H groups in total. The van der Waals surface area contributed by atoms with Gasteiger partial charge in [0.15, 0.2) is 0 Å². The van der Waals surface area contributed by atoms with Crippen LogP contribution in [0.1, 0.15) is 51.4 Å². The molecule has 0 amide bonds. The van der Waals surface area contributed by atoms with Crippen LogP contribution >= 0.6 is 0 Å². The van der Waals surface area contributed by atoms with Crippen molar-refractivity contribution in [1.82, 2.24) is 0 Å². The van der Waals surface area contributed by atoms with Crippen LogP contribution in [0, 0.1) is 10.7 Å². The van der Waals surface area contributed by atoms with Gasteiger partial charge in [0.1, 0.15) is 6.04 Å². The Morgan fingerprint density at radius 1 is 1.25 bits per heavy atom. The van der Waals surface area contributed by atoms with Crippen molar-refractivity contribution in [1.29, 1.82) is 4.78 Å². The molecular weight excluding hydrogens is 345 g/mol. The van der Waals surface area contributed by atoms with E-state index < -0.39 is 34.3 Å². The summed E-state index contributed by atoms with van der Waals surface area (Å²) < 4.78 is 60.8. The van der Waals surface area contributed by atoms with Gasteiger partial charge in [-0.2, -0.15) is 13.2 Å². The average molecular weight is 372 g/mol. The molecule has 0 aromatic heterocycles. The molecule has 9 heteroatoms. The number of ether oxygens (including phenoxy) is 1. The molecule has 0 aliphatic heterocycles. The number of hydrogen-bond donors (Lipinski definition) is 2. The molecule has 0 aromatic rings. The van der Waals surface area contributed by atoms with Crippen LogP contribution in [0.3, 0.4) is 0 Å². The number of alkyl halides is 3. The van der Waals surface area contributed by atoms with E-state index in [-0.39, 0.29) is 24.3 Å². The van der Waals surface area contributed by atoms with E-state index in [4.69, 9.17) is 15.3 Å². The van der Waals surface area contributed by atoms with Crippen molar-refractivity contribution in [2.24, 2.45) is 11.7 Å². The maximum absolute atomic E-state index is 12.1. The van der Waals surface area contributed by atoms with Gasteiger partial charge in [-0.1, -0.05) is 19.3 Å². The third kappa shape index (κ3) is 9.46. The van der Waals surface area contributed by atoms with Crippen molar-refractivity contribution in [3.05, 3.63) is 0 Å². The monoisotopic (exact) mass is 372 g/mol. The van der Waals surface area contributed by atoms with E-state index in [1.807, 2.05) is 0 Å². The number of rotatable bonds is 9. The molecule has 1 aliphatic carbocycles. The SMILES string of the molecule is N=S(=O)(CCCC(F)(F)F)CC[C@H](N)C(=O)OCC1CCCCC1. The van der Waals surface area contributed by atoms with E-state index in [1.165, 1.54) is 6.42 Å². The van der Waals surface area contributed by atoms with Gasteiger partial charge in [-0.25, -0.2) is 4.21 Å². The molecule has 0 spiro atoms. The number of halogens is 3. The molecule has 5 nitrogen and oxygen atoms in total. The molecule has 0 heterocycles. The lowest BCUT2D eigenvalue weighted by Gasteiger charge is -2.22. The summed E-state index contributed by atoms with van der Waals surface area (Å²) in [6.07, 6.45) is -0.209. The van der Waals surface area contributed by atoms with E-state index in [0.717, 1.165) is 25.7 Å². The smallest absolute Gasteiger partial charge is 0.389 e. The zero-order valence-electron chi connectivity index (χ0n) is 13.8. The summed E-state index contributed by atoms with van der Waals surface area (Å²) >= 11 is 0. The van der Waals surface area contributed by atoms with Gasteiger partial charge in [-0.3, -0.25) is 9.57 Å². The van der Waals surface area contributed by atoms with Crippen molar-refractivity contribution in [2.45, 2.75) is 63.6 Å². The van der Waals surface area contributed by atoms with Crippen LogP contribution in [-0.4, -0.2) is 40.5 Å². The average Bonchev–Trinajstić information content (AvgIpc) is 2.50. The van der Waals surface area contributed by atoms with E-state index >= 15 is 0 Å². The lowest BCUT2D eigenvalue weighted by Crippen LogP contribution is -2.35. The Hall–Kier alpha value is -0.830. The van der Waals surface area contributed by atoms with Crippen LogP contribution in [0.4, 0.5) is 13.2 Å². The fourth-order valence-corrected chi connectivity index (χ4v) is 4.15. The first-order valence-corrected chi connectivity index (χ1v) is 10.2. The molecule has 1 aliphatic rings. The Kier molecular flexibility index (Phi) is 8.49. The number of nitrogens with two attached hydrogens (primary N) is 1. The van der Waals surface area contributed by atoms with Crippen molar-refractivity contribution < 1.29 is 26.9 Å². The fraction of sp³-hybridized carbons (Fsp3) is 0.933. The van der Waals surface area contributed by atoms with Crippen LogP contribution in [0.25, 0.3) is 0 Å². The molecule has 0 bridgehead atoms. The molecular formula is C15H27F3N2O3S. The fourth-order valence-electron chi connectivity index (χ4n) is 2.70. The molecule has 142 valence electrons. The molecule has 1 saturated carbocycles. The Morgan fingerprint density at radius 3 is 2.46 bits per heavy atom. The molecule has 24 heavy (non-hydrogen) atoms. The quantitative estimate of drug-likeness (QED) is 0.608. The molecule has 0 saturated heterocycles. The number of carbonyl (C=O) groups is 1. The summed E-state index contributed by atoms with van der Waals surface area (Å²) in [6.45, 7) is 0.328. The molecule has 0 aromatic carbocycles. The molecule has 1 unspecified atom stereocenters. The summed E-state index contributed by atoms with van der Waals surface area (Å²) in [5, 5.41) is 0. The van der Waals surface area contributed by atoms with Gasteiger partial charge in [-0.05, 0) is 31.6 Å². The minimum atomic E-state index is -4.31. The van der Waals surface area contributed by atoms with Crippen LogP contribution < -0.4 is 5.73 Å². The first kappa shape index (κ1) is 21.2. The zero-order valence-corrected chi connectivity index (χ0v) is 14.6. The van der Waals surface area contributed by atoms with E-state index in [1.54, 1.807) is 0 Å². The Labute approximate surface area is 141 Å². The Bertz CT molecular complexity index is 489. The van der Waals surface area contributed by atoms with Crippen LogP contribution in [-0.2, 0) is 19.3 Å². The zero-order chi connectivity index (χ0) is 18.2. The predicted molar refractivity (Wildman–Crippen MR) is 86.0 cm³/mol. The van der Waals surface area contributed by atoms with Gasteiger partial charge in [0.2, 0.25) is 0 Å². The normalized spacial score (nSPS) is 20.3. The number of nitrogens with one attached hydrogen (secondary N) is 1. The van der Waals surface area contributed by atoms with Gasteiger partial charge in [0.05, 0.1) is 6.61 Å². The maximum atomic E-state index is 12.1. The second-order valence-corrected chi connectivity index (χ2v) is 8.91. The lowest BCUT2D eigenvalue weighted by molar-refractivity contribution is -0.147. The highest BCUT2D eigenvalue weighted by Crippen LogP contribution is 2.24. The van der Waals surface area contributed by atoms with Crippen molar-refractivity contribution in [2.75, 3.05) is 18.1 Å². The summed E-state index contributed by atoms with van der Waals surface area (Å²) in [6, 6.07) is -0.984. The first-order valence-electron chi connectivity index (χ1n) is 8.32. The maximum Gasteiger partial charge on any atom is 0.389 e. The standard InChI is InChI=1S/C15H27F3N2O3S/c16-15(17,18)8-4-9-24(20,22)10-7-13(19)14(21)23-11-12-5-2-1-3-6-12/h12-13,20H,1-11,19H2/t13-,24?/m0/s1. The van der Waals surface area contributed by atoms with E-state index in [9.17, 15) is 22.2 Å². The second kappa shape index (κ2) is 9.60. The highest BCUT2D eigenvalue weighted by molar-refractivity contribution is 7.92. The van der Waals surface area contributed by atoms with Gasteiger partial charge >= 0.3 is 12.1 Å². The van der Waals surface area contributed by atoms with Crippen LogP contribution in [0.2, 0.25) is 0 Å². The van der Waals surface area contributed by atoms with Crippen LogP contribution in [0.5, 0.6) is 0 Å². The minimum Gasteiger partial charge on any atom is -0.464 e.